The van der Waals surface area contributed by atoms with Gasteiger partial charge in [-0.2, -0.15) is 0 Å². The van der Waals surface area contributed by atoms with Crippen molar-refractivity contribution < 1.29 is 29.4 Å². The molecule has 2 aliphatic rings. The van der Waals surface area contributed by atoms with Crippen LogP contribution in [-0.2, 0) is 16.0 Å². The van der Waals surface area contributed by atoms with Gasteiger partial charge < -0.3 is 20.5 Å². The minimum atomic E-state index is -1.59. The summed E-state index contributed by atoms with van der Waals surface area (Å²) in [6.45, 7) is 1.24. The quantitative estimate of drug-likeness (QED) is 0.258. The number of aliphatic hydroxyl groups excluding tert-OH is 1. The van der Waals surface area contributed by atoms with Crippen molar-refractivity contribution in [2.45, 2.75) is 37.6 Å². The molecule has 4 aromatic rings. The number of aromatic nitrogens is 1. The number of hydrogen-bond donors (Lipinski definition) is 4. The van der Waals surface area contributed by atoms with Gasteiger partial charge in [0.05, 0.1) is 17.4 Å². The van der Waals surface area contributed by atoms with Gasteiger partial charge in [-0.3, -0.25) is 14.5 Å². The number of carbonyl (C=O) groups excluding carboxylic acids is 3. The van der Waals surface area contributed by atoms with Gasteiger partial charge in [0.25, 0.3) is 11.8 Å². The molecule has 2 aliphatic heterocycles. The molecule has 1 aromatic heterocycles. The number of carboxylic acids is 1. The van der Waals surface area contributed by atoms with Crippen LogP contribution in [-0.4, -0.2) is 62.1 Å². The largest absolute Gasteiger partial charge is 0.480 e. The van der Waals surface area contributed by atoms with E-state index in [1.807, 2.05) is 30.3 Å². The van der Waals surface area contributed by atoms with Crippen LogP contribution in [0.5, 0.6) is 0 Å². The smallest absolute Gasteiger partial charge is 0.332 e. The molecule has 3 aromatic carbocycles. The number of imide groups is 1. The summed E-state index contributed by atoms with van der Waals surface area (Å²) in [5.74, 6) is -2.78. The zero-order valence-corrected chi connectivity index (χ0v) is 22.5. The molecule has 10 nitrogen and oxygen atoms in total. The number of anilines is 1. The first-order valence-electron chi connectivity index (χ1n) is 13.0. The number of nitrogens with zero attached hydrogens (tertiary/aromatic N) is 2. The normalized spacial score (nSPS) is 19.6. The molecule has 0 spiro atoms. The van der Waals surface area contributed by atoms with Gasteiger partial charge in [0.1, 0.15) is 12.1 Å². The van der Waals surface area contributed by atoms with Gasteiger partial charge in [0.2, 0.25) is 0 Å². The molecule has 0 saturated carbocycles. The summed E-state index contributed by atoms with van der Waals surface area (Å²) >= 11 is 6.35. The van der Waals surface area contributed by atoms with E-state index in [0.717, 1.165) is 27.1 Å². The number of fused-ring (bicyclic) bond motifs is 4. The predicted molar refractivity (Wildman–Crippen MR) is 151 cm³/mol. The molecule has 1 saturated heterocycles. The van der Waals surface area contributed by atoms with Gasteiger partial charge in [-0.15, -0.1) is 0 Å². The van der Waals surface area contributed by atoms with Crippen molar-refractivity contribution in [2.75, 3.05) is 4.90 Å². The molecule has 0 bridgehead atoms. The summed E-state index contributed by atoms with van der Waals surface area (Å²) in [5, 5.41) is 23.0. The van der Waals surface area contributed by atoms with Crippen LogP contribution in [0, 0.1) is 0 Å². The van der Waals surface area contributed by atoms with Crippen molar-refractivity contribution >= 4 is 52.0 Å². The fourth-order valence-electron chi connectivity index (χ4n) is 5.79. The molecular weight excluding hydrogens is 548 g/mol. The molecule has 41 heavy (non-hydrogen) atoms. The van der Waals surface area contributed by atoms with Gasteiger partial charge in [-0.05, 0) is 48.4 Å². The maximum atomic E-state index is 14.2. The second kappa shape index (κ2) is 10.1. The van der Waals surface area contributed by atoms with Crippen molar-refractivity contribution in [1.29, 1.82) is 0 Å². The first kappa shape index (κ1) is 26.5. The lowest BCUT2D eigenvalue weighted by molar-refractivity contribution is -0.141. The summed E-state index contributed by atoms with van der Waals surface area (Å²) in [5.41, 5.74) is 3.23. The average Bonchev–Trinajstić information content (AvgIpc) is 3.44. The Bertz CT molecular complexity index is 1730. The minimum absolute atomic E-state index is 0.0162. The standard InChI is InChI=1S/C30H25ClN4O6/c1-15(36)24(29(39)40)33-27(37)19-10-3-5-12-22(19)35-28(38)23-14-20-18-9-2-4-11-21(18)32-25(20)26(34(23)30(35)41)16-7-6-8-17(31)13-16/h2-13,15,23-24,26,32,36H,14H2,1H3,(H,33,37)(H,39,40)/t15-,23+,24-,26+/m1/s1. The third-order valence-corrected chi connectivity index (χ3v) is 7.87. The number of nitrogens with one attached hydrogen (secondary N) is 2. The van der Waals surface area contributed by atoms with E-state index < -0.39 is 48.0 Å². The Morgan fingerprint density at radius 1 is 1.05 bits per heavy atom. The van der Waals surface area contributed by atoms with E-state index in [2.05, 4.69) is 10.3 Å². The van der Waals surface area contributed by atoms with Crippen LogP contribution in [0.15, 0.2) is 72.8 Å². The SMILES string of the molecule is C[C@@H](O)[C@@H](NC(=O)c1ccccc1N1C(=O)[C@@H]2Cc3c([nH]c4ccccc34)[C@H](c3cccc(Cl)c3)N2C1=O)C(=O)O. The van der Waals surface area contributed by atoms with Crippen molar-refractivity contribution in [1.82, 2.24) is 15.2 Å². The number of para-hydroxylation sites is 2. The Morgan fingerprint density at radius 3 is 2.51 bits per heavy atom. The Labute approximate surface area is 239 Å². The topological polar surface area (TPSA) is 143 Å². The van der Waals surface area contributed by atoms with E-state index in [1.54, 1.807) is 30.3 Å². The van der Waals surface area contributed by atoms with E-state index in [9.17, 15) is 29.4 Å². The van der Waals surface area contributed by atoms with E-state index in [0.29, 0.717) is 10.6 Å². The second-order valence-electron chi connectivity index (χ2n) is 10.2. The molecule has 3 heterocycles. The number of urea groups is 1. The van der Waals surface area contributed by atoms with Crippen LogP contribution in [0.4, 0.5) is 10.5 Å². The molecule has 11 heteroatoms. The number of carboxylic acid groups (broad SMARTS) is 1. The first-order valence-corrected chi connectivity index (χ1v) is 13.4. The van der Waals surface area contributed by atoms with Gasteiger partial charge in [-0.25, -0.2) is 14.5 Å². The maximum Gasteiger partial charge on any atom is 0.332 e. The summed E-state index contributed by atoms with van der Waals surface area (Å²) in [4.78, 5) is 58.9. The molecular formula is C30H25ClN4O6. The molecule has 4 atom stereocenters. The number of aliphatic hydroxyl groups is 1. The van der Waals surface area contributed by atoms with Crippen molar-refractivity contribution in [3.8, 4) is 0 Å². The highest BCUT2D eigenvalue weighted by Crippen LogP contribution is 2.45. The highest BCUT2D eigenvalue weighted by molar-refractivity contribution is 6.30. The Morgan fingerprint density at radius 2 is 1.78 bits per heavy atom. The molecule has 4 amide bonds. The molecule has 6 rings (SSSR count). The predicted octanol–water partition coefficient (Wildman–Crippen LogP) is 3.87. The van der Waals surface area contributed by atoms with Gasteiger partial charge in [0.15, 0.2) is 6.04 Å². The lowest BCUT2D eigenvalue weighted by atomic mass is 9.89. The van der Waals surface area contributed by atoms with Crippen molar-refractivity contribution in [2.24, 2.45) is 0 Å². The number of rotatable bonds is 6. The van der Waals surface area contributed by atoms with Crippen LogP contribution >= 0.6 is 11.6 Å². The van der Waals surface area contributed by atoms with E-state index in [4.69, 9.17) is 11.6 Å². The zero-order chi connectivity index (χ0) is 29.0. The summed E-state index contributed by atoms with van der Waals surface area (Å²) in [6, 6.07) is 17.1. The molecule has 208 valence electrons. The Hall–Kier alpha value is -4.67. The molecule has 1 fully saturated rings. The number of H-pyrrole nitrogens is 1. The van der Waals surface area contributed by atoms with Crippen LogP contribution in [0.3, 0.4) is 0 Å². The number of aromatic amines is 1. The second-order valence-corrected chi connectivity index (χ2v) is 10.6. The van der Waals surface area contributed by atoms with Crippen LogP contribution < -0.4 is 10.2 Å². The lowest BCUT2D eigenvalue weighted by Crippen LogP contribution is -2.48. The number of carbonyl (C=O) groups is 4. The van der Waals surface area contributed by atoms with Crippen molar-refractivity contribution in [3.05, 3.63) is 100 Å². The maximum absolute atomic E-state index is 14.2. The third-order valence-electron chi connectivity index (χ3n) is 7.64. The molecule has 0 radical (unpaired) electrons. The van der Waals surface area contributed by atoms with Gasteiger partial charge in [0, 0.05) is 28.0 Å². The monoisotopic (exact) mass is 572 g/mol. The Balaban J connectivity index is 1.45. The summed E-state index contributed by atoms with van der Waals surface area (Å²) < 4.78 is 0. The van der Waals surface area contributed by atoms with Gasteiger partial charge >= 0.3 is 12.0 Å². The Kier molecular flexibility index (Phi) is 6.51. The number of amides is 4. The van der Waals surface area contributed by atoms with Crippen molar-refractivity contribution in [3.63, 3.8) is 0 Å². The fraction of sp³-hybridized carbons (Fsp3) is 0.200. The zero-order valence-electron chi connectivity index (χ0n) is 21.7. The number of benzene rings is 3. The third kappa shape index (κ3) is 4.32. The van der Waals surface area contributed by atoms with Crippen LogP contribution in [0.2, 0.25) is 5.02 Å². The summed E-state index contributed by atoms with van der Waals surface area (Å²) in [6.07, 6.45) is -1.12. The highest BCUT2D eigenvalue weighted by Gasteiger charge is 2.53. The van der Waals surface area contributed by atoms with E-state index >= 15 is 0 Å². The van der Waals surface area contributed by atoms with E-state index in [-0.39, 0.29) is 17.7 Å². The molecule has 0 aliphatic carbocycles. The number of aliphatic carboxylic acids is 1. The minimum Gasteiger partial charge on any atom is -0.480 e. The number of halogens is 1. The van der Waals surface area contributed by atoms with Crippen LogP contribution in [0.1, 0.15) is 40.1 Å². The fourth-order valence-corrected chi connectivity index (χ4v) is 5.99. The first-order chi connectivity index (χ1) is 19.7. The van der Waals surface area contributed by atoms with Gasteiger partial charge in [-0.1, -0.05) is 54.1 Å². The lowest BCUT2D eigenvalue weighted by Gasteiger charge is -2.36. The highest BCUT2D eigenvalue weighted by atomic mass is 35.5. The average molecular weight is 573 g/mol. The molecule has 0 unspecified atom stereocenters. The summed E-state index contributed by atoms with van der Waals surface area (Å²) in [7, 11) is 0. The molecule has 4 N–H and O–H groups in total. The number of hydrogen-bond acceptors (Lipinski definition) is 5. The van der Waals surface area contributed by atoms with Crippen LogP contribution in [0.25, 0.3) is 10.9 Å². The van der Waals surface area contributed by atoms with E-state index in [1.165, 1.54) is 24.0 Å².